The quantitative estimate of drug-likeness (QED) is 0.487. The van der Waals surface area contributed by atoms with Crippen LogP contribution < -0.4 is 10.1 Å². The highest BCUT2D eigenvalue weighted by molar-refractivity contribution is 7.20. The SMILES string of the molecule is CC(=O)N[C@@H]1C[C@H]2CC[C@@H](C1)N2Cc1cc2ncc(Oc3nc4ncccc4s3)cc2o1. The molecule has 6 rings (SSSR count). The van der Waals surface area contributed by atoms with E-state index in [2.05, 4.69) is 25.2 Å². The molecule has 9 heteroatoms. The van der Waals surface area contributed by atoms with Crippen LogP contribution in [-0.4, -0.2) is 43.9 Å². The van der Waals surface area contributed by atoms with E-state index in [4.69, 9.17) is 9.15 Å². The lowest BCUT2D eigenvalue weighted by molar-refractivity contribution is -0.120. The Labute approximate surface area is 188 Å². The van der Waals surface area contributed by atoms with E-state index in [0.29, 0.717) is 34.3 Å². The van der Waals surface area contributed by atoms with E-state index >= 15 is 0 Å². The summed E-state index contributed by atoms with van der Waals surface area (Å²) in [6.07, 6.45) is 7.78. The predicted molar refractivity (Wildman–Crippen MR) is 121 cm³/mol. The van der Waals surface area contributed by atoms with E-state index < -0.39 is 0 Å². The summed E-state index contributed by atoms with van der Waals surface area (Å²) >= 11 is 1.45. The minimum atomic E-state index is 0.0614. The third kappa shape index (κ3) is 3.71. The molecule has 4 aromatic rings. The van der Waals surface area contributed by atoms with Gasteiger partial charge in [0.05, 0.1) is 17.4 Å². The van der Waals surface area contributed by atoms with Crippen LogP contribution in [0.15, 0.2) is 41.1 Å². The number of pyridine rings is 2. The first-order valence-electron chi connectivity index (χ1n) is 10.9. The van der Waals surface area contributed by atoms with Crippen molar-refractivity contribution in [1.29, 1.82) is 0 Å². The molecule has 4 aromatic heterocycles. The summed E-state index contributed by atoms with van der Waals surface area (Å²) in [4.78, 5) is 27.2. The van der Waals surface area contributed by atoms with Gasteiger partial charge in [0, 0.05) is 43.4 Å². The maximum absolute atomic E-state index is 11.4. The van der Waals surface area contributed by atoms with Crippen LogP contribution in [0.2, 0.25) is 0 Å². The van der Waals surface area contributed by atoms with Gasteiger partial charge in [-0.25, -0.2) is 9.97 Å². The fraction of sp³-hybridized carbons (Fsp3) is 0.391. The molecule has 164 valence electrons. The van der Waals surface area contributed by atoms with Gasteiger partial charge in [0.1, 0.15) is 11.3 Å². The Morgan fingerprint density at radius 1 is 1.28 bits per heavy atom. The lowest BCUT2D eigenvalue weighted by Gasteiger charge is -2.38. The Morgan fingerprint density at radius 3 is 2.91 bits per heavy atom. The number of fused-ring (bicyclic) bond motifs is 4. The second-order valence-corrected chi connectivity index (χ2v) is 9.59. The van der Waals surface area contributed by atoms with Crippen molar-refractivity contribution in [3.05, 3.63) is 42.4 Å². The Balaban J connectivity index is 1.17. The summed E-state index contributed by atoms with van der Waals surface area (Å²) in [6.45, 7) is 2.36. The van der Waals surface area contributed by atoms with Crippen molar-refractivity contribution >= 4 is 38.7 Å². The van der Waals surface area contributed by atoms with Crippen molar-refractivity contribution in [2.45, 2.75) is 57.3 Å². The molecule has 0 spiro atoms. The van der Waals surface area contributed by atoms with Gasteiger partial charge in [0.15, 0.2) is 17.0 Å². The summed E-state index contributed by atoms with van der Waals surface area (Å²) in [7, 11) is 0. The Kier molecular flexibility index (Phi) is 4.80. The molecule has 0 saturated carbocycles. The molecule has 1 N–H and O–H groups in total. The maximum Gasteiger partial charge on any atom is 0.281 e. The van der Waals surface area contributed by atoms with Crippen LogP contribution >= 0.6 is 11.3 Å². The number of furan rings is 1. The number of rotatable bonds is 5. The molecule has 2 fully saturated rings. The predicted octanol–water partition coefficient (Wildman–Crippen LogP) is 4.26. The molecule has 8 nitrogen and oxygen atoms in total. The number of amides is 1. The van der Waals surface area contributed by atoms with Gasteiger partial charge in [-0.2, -0.15) is 4.98 Å². The summed E-state index contributed by atoms with van der Waals surface area (Å²) < 4.78 is 13.0. The zero-order chi connectivity index (χ0) is 21.7. The number of nitrogens with zero attached hydrogens (tertiary/aromatic N) is 4. The average molecular weight is 450 g/mol. The largest absolute Gasteiger partial charge is 0.458 e. The van der Waals surface area contributed by atoms with Crippen molar-refractivity contribution in [2.24, 2.45) is 0 Å². The van der Waals surface area contributed by atoms with Crippen molar-refractivity contribution in [2.75, 3.05) is 0 Å². The van der Waals surface area contributed by atoms with Crippen LogP contribution in [0.3, 0.4) is 0 Å². The van der Waals surface area contributed by atoms with E-state index in [0.717, 1.165) is 35.4 Å². The van der Waals surface area contributed by atoms with E-state index in [9.17, 15) is 4.79 Å². The van der Waals surface area contributed by atoms with Gasteiger partial charge >= 0.3 is 0 Å². The number of nitrogens with one attached hydrogen (secondary N) is 1. The summed E-state index contributed by atoms with van der Waals surface area (Å²) in [5, 5.41) is 3.63. The first-order chi connectivity index (χ1) is 15.6. The molecule has 2 bridgehead atoms. The third-order valence-corrected chi connectivity index (χ3v) is 7.26. The second-order valence-electron chi connectivity index (χ2n) is 8.60. The third-order valence-electron chi connectivity index (χ3n) is 6.38. The lowest BCUT2D eigenvalue weighted by Crippen LogP contribution is -2.49. The number of carbonyl (C=O) groups is 1. The number of hydrogen-bond donors (Lipinski definition) is 1. The fourth-order valence-electron chi connectivity index (χ4n) is 5.10. The van der Waals surface area contributed by atoms with Crippen molar-refractivity contribution in [1.82, 2.24) is 25.2 Å². The molecule has 2 saturated heterocycles. The normalized spacial score (nSPS) is 23.1. The lowest BCUT2D eigenvalue weighted by atomic mass is 9.97. The van der Waals surface area contributed by atoms with Crippen LogP contribution in [0, 0.1) is 0 Å². The van der Waals surface area contributed by atoms with Crippen LogP contribution in [0.4, 0.5) is 0 Å². The van der Waals surface area contributed by atoms with Gasteiger partial charge < -0.3 is 14.5 Å². The monoisotopic (exact) mass is 449 g/mol. The van der Waals surface area contributed by atoms with Crippen molar-refractivity contribution < 1.29 is 13.9 Å². The van der Waals surface area contributed by atoms with E-state index in [-0.39, 0.29) is 11.9 Å². The molecule has 2 aliphatic heterocycles. The Bertz CT molecular complexity index is 1250. The number of piperidine rings is 1. The van der Waals surface area contributed by atoms with Gasteiger partial charge in [-0.1, -0.05) is 11.3 Å². The summed E-state index contributed by atoms with van der Waals surface area (Å²) in [5.74, 6) is 1.56. The number of thiazole rings is 1. The highest BCUT2D eigenvalue weighted by Crippen LogP contribution is 2.38. The number of aromatic nitrogens is 3. The Hall–Kier alpha value is -3.04. The molecule has 3 atom stereocenters. The van der Waals surface area contributed by atoms with Crippen LogP contribution in [-0.2, 0) is 11.3 Å². The molecular weight excluding hydrogens is 426 g/mol. The van der Waals surface area contributed by atoms with Crippen LogP contribution in [0.5, 0.6) is 10.9 Å². The molecule has 32 heavy (non-hydrogen) atoms. The fourth-order valence-corrected chi connectivity index (χ4v) is 5.89. The second kappa shape index (κ2) is 7.83. The van der Waals surface area contributed by atoms with Gasteiger partial charge in [-0.15, -0.1) is 0 Å². The standard InChI is InChI=1S/C23H23N5O3S/c1-13(29)26-14-7-15-4-5-16(8-14)28(15)12-18-9-19-20(30-18)10-17(11-25-19)31-23-27-22-21(32-23)3-2-6-24-22/h2-3,6,9-11,14-16H,4-5,7-8,12H2,1H3,(H,26,29)/t14-,15-,16+. The van der Waals surface area contributed by atoms with E-state index in [1.54, 1.807) is 19.3 Å². The van der Waals surface area contributed by atoms with E-state index in [1.165, 1.54) is 24.2 Å². The Morgan fingerprint density at radius 2 is 2.12 bits per heavy atom. The van der Waals surface area contributed by atoms with Crippen LogP contribution in [0.25, 0.3) is 21.4 Å². The van der Waals surface area contributed by atoms with E-state index in [1.807, 2.05) is 24.3 Å². The minimum absolute atomic E-state index is 0.0614. The molecule has 0 radical (unpaired) electrons. The van der Waals surface area contributed by atoms with Gasteiger partial charge in [0.2, 0.25) is 5.91 Å². The first-order valence-corrected chi connectivity index (χ1v) is 11.7. The number of carbonyl (C=O) groups excluding carboxylic acids is 1. The zero-order valence-corrected chi connectivity index (χ0v) is 18.5. The maximum atomic E-state index is 11.4. The van der Waals surface area contributed by atoms with Gasteiger partial charge in [0.25, 0.3) is 5.19 Å². The molecule has 0 aliphatic carbocycles. The molecule has 0 unspecified atom stereocenters. The smallest absolute Gasteiger partial charge is 0.281 e. The topological polar surface area (TPSA) is 93.4 Å². The molecule has 0 aromatic carbocycles. The van der Waals surface area contributed by atoms with Crippen molar-refractivity contribution in [3.8, 4) is 10.9 Å². The number of hydrogen-bond acceptors (Lipinski definition) is 8. The summed E-state index contributed by atoms with van der Waals surface area (Å²) in [6, 6.07) is 8.99. The average Bonchev–Trinajstić information content (AvgIpc) is 3.41. The summed E-state index contributed by atoms with van der Waals surface area (Å²) in [5.41, 5.74) is 2.20. The molecule has 1 amide bonds. The molecular formula is C23H23N5O3S. The molecule has 6 heterocycles. The van der Waals surface area contributed by atoms with Crippen LogP contribution in [0.1, 0.15) is 38.4 Å². The molecule has 2 aliphatic rings. The first kappa shape index (κ1) is 19.6. The van der Waals surface area contributed by atoms with Gasteiger partial charge in [-0.05, 0) is 37.8 Å². The van der Waals surface area contributed by atoms with Crippen molar-refractivity contribution in [3.63, 3.8) is 0 Å². The highest BCUT2D eigenvalue weighted by Gasteiger charge is 2.41. The van der Waals surface area contributed by atoms with Gasteiger partial charge in [-0.3, -0.25) is 9.69 Å². The zero-order valence-electron chi connectivity index (χ0n) is 17.7. The highest BCUT2D eigenvalue weighted by atomic mass is 32.1. The minimum Gasteiger partial charge on any atom is -0.458 e. The number of ether oxygens (including phenoxy) is 1.